The standard InChI is InChI=1S/C16H26N2O2/c1-12(2)18-7-8-20-15(11-18)10-17-14-5-6-16(19-4)13(3)9-14/h5-6,9,12,15,17H,7-8,10-11H2,1-4H3. The number of hydrogen-bond acceptors (Lipinski definition) is 4. The number of rotatable bonds is 5. The number of hydrogen-bond donors (Lipinski definition) is 1. The molecule has 0 aliphatic carbocycles. The number of anilines is 1. The van der Waals surface area contributed by atoms with E-state index in [0.29, 0.717) is 6.04 Å². The van der Waals surface area contributed by atoms with Crippen LogP contribution in [0.15, 0.2) is 18.2 Å². The number of aryl methyl sites for hydroxylation is 1. The SMILES string of the molecule is COc1ccc(NCC2CN(C(C)C)CCO2)cc1C. The quantitative estimate of drug-likeness (QED) is 0.897. The van der Waals surface area contributed by atoms with Crippen LogP contribution in [0.5, 0.6) is 5.75 Å². The van der Waals surface area contributed by atoms with E-state index in [0.717, 1.165) is 43.2 Å². The number of nitrogens with zero attached hydrogens (tertiary/aromatic N) is 1. The van der Waals surface area contributed by atoms with E-state index < -0.39 is 0 Å². The summed E-state index contributed by atoms with van der Waals surface area (Å²) in [5, 5.41) is 3.46. The van der Waals surface area contributed by atoms with Crippen molar-refractivity contribution in [3.63, 3.8) is 0 Å². The summed E-state index contributed by atoms with van der Waals surface area (Å²) in [4.78, 5) is 2.47. The summed E-state index contributed by atoms with van der Waals surface area (Å²) in [5.41, 5.74) is 2.26. The summed E-state index contributed by atoms with van der Waals surface area (Å²) in [7, 11) is 1.70. The summed E-state index contributed by atoms with van der Waals surface area (Å²) in [5.74, 6) is 0.926. The van der Waals surface area contributed by atoms with Crippen molar-refractivity contribution in [1.29, 1.82) is 0 Å². The third kappa shape index (κ3) is 3.87. The lowest BCUT2D eigenvalue weighted by Gasteiger charge is -2.35. The van der Waals surface area contributed by atoms with E-state index in [9.17, 15) is 0 Å². The van der Waals surface area contributed by atoms with Crippen LogP contribution in [0.25, 0.3) is 0 Å². The van der Waals surface area contributed by atoms with Crippen LogP contribution >= 0.6 is 0 Å². The molecule has 1 aromatic rings. The highest BCUT2D eigenvalue weighted by Crippen LogP contribution is 2.21. The van der Waals surface area contributed by atoms with E-state index >= 15 is 0 Å². The fourth-order valence-electron chi connectivity index (χ4n) is 2.55. The highest BCUT2D eigenvalue weighted by molar-refractivity contribution is 5.50. The number of benzene rings is 1. The molecule has 4 heteroatoms. The maximum atomic E-state index is 5.83. The smallest absolute Gasteiger partial charge is 0.121 e. The average molecular weight is 278 g/mol. The zero-order valence-electron chi connectivity index (χ0n) is 13.0. The topological polar surface area (TPSA) is 33.7 Å². The number of ether oxygens (including phenoxy) is 2. The highest BCUT2D eigenvalue weighted by atomic mass is 16.5. The fraction of sp³-hybridized carbons (Fsp3) is 0.625. The number of nitrogens with one attached hydrogen (secondary N) is 1. The molecule has 0 spiro atoms. The lowest BCUT2D eigenvalue weighted by molar-refractivity contribution is -0.0315. The van der Waals surface area contributed by atoms with Gasteiger partial charge in [0.15, 0.2) is 0 Å². The molecule has 20 heavy (non-hydrogen) atoms. The monoisotopic (exact) mass is 278 g/mol. The molecule has 1 heterocycles. The van der Waals surface area contributed by atoms with Crippen molar-refractivity contribution in [3.05, 3.63) is 23.8 Å². The molecule has 0 bridgehead atoms. The molecule has 0 aromatic heterocycles. The zero-order chi connectivity index (χ0) is 14.5. The zero-order valence-corrected chi connectivity index (χ0v) is 13.0. The van der Waals surface area contributed by atoms with Gasteiger partial charge in [-0.1, -0.05) is 0 Å². The van der Waals surface area contributed by atoms with Gasteiger partial charge in [0.25, 0.3) is 0 Å². The Morgan fingerprint density at radius 3 is 2.90 bits per heavy atom. The minimum absolute atomic E-state index is 0.258. The van der Waals surface area contributed by atoms with Gasteiger partial charge in [0, 0.05) is 31.4 Å². The maximum absolute atomic E-state index is 5.83. The van der Waals surface area contributed by atoms with Crippen LogP contribution in [0.2, 0.25) is 0 Å². The van der Waals surface area contributed by atoms with Crippen LogP contribution in [0, 0.1) is 6.92 Å². The van der Waals surface area contributed by atoms with Crippen LogP contribution in [0.3, 0.4) is 0 Å². The van der Waals surface area contributed by atoms with Crippen LogP contribution in [-0.4, -0.2) is 50.4 Å². The second-order valence-electron chi connectivity index (χ2n) is 5.65. The number of morpholine rings is 1. The van der Waals surface area contributed by atoms with Crippen molar-refractivity contribution in [3.8, 4) is 5.75 Å². The summed E-state index contributed by atoms with van der Waals surface area (Å²) in [6, 6.07) is 6.75. The van der Waals surface area contributed by atoms with Gasteiger partial charge in [-0.2, -0.15) is 0 Å². The first kappa shape index (κ1) is 15.1. The third-order valence-electron chi connectivity index (χ3n) is 3.83. The normalized spacial score (nSPS) is 20.1. The molecule has 0 saturated carbocycles. The summed E-state index contributed by atoms with van der Waals surface area (Å²) < 4.78 is 11.1. The molecular weight excluding hydrogens is 252 g/mol. The van der Waals surface area contributed by atoms with E-state index in [4.69, 9.17) is 9.47 Å². The average Bonchev–Trinajstić information content (AvgIpc) is 2.45. The molecule has 1 fully saturated rings. The molecule has 1 aromatic carbocycles. The molecule has 4 nitrogen and oxygen atoms in total. The van der Waals surface area contributed by atoms with E-state index in [1.54, 1.807) is 7.11 Å². The Morgan fingerprint density at radius 2 is 2.25 bits per heavy atom. The Morgan fingerprint density at radius 1 is 1.45 bits per heavy atom. The number of methoxy groups -OCH3 is 1. The predicted molar refractivity (Wildman–Crippen MR) is 82.7 cm³/mol. The molecule has 1 aliphatic heterocycles. The maximum Gasteiger partial charge on any atom is 0.121 e. The highest BCUT2D eigenvalue weighted by Gasteiger charge is 2.21. The lowest BCUT2D eigenvalue weighted by Crippen LogP contribution is -2.48. The van der Waals surface area contributed by atoms with Crippen LogP contribution in [0.1, 0.15) is 19.4 Å². The fourth-order valence-corrected chi connectivity index (χ4v) is 2.55. The van der Waals surface area contributed by atoms with Crippen LogP contribution < -0.4 is 10.1 Å². The van der Waals surface area contributed by atoms with Crippen molar-refractivity contribution >= 4 is 5.69 Å². The first-order valence-electron chi connectivity index (χ1n) is 7.34. The third-order valence-corrected chi connectivity index (χ3v) is 3.83. The van der Waals surface area contributed by atoms with Crippen molar-refractivity contribution in [1.82, 2.24) is 4.90 Å². The molecule has 1 N–H and O–H groups in total. The summed E-state index contributed by atoms with van der Waals surface area (Å²) >= 11 is 0. The Hall–Kier alpha value is -1.26. The molecule has 1 aliphatic rings. The second-order valence-corrected chi connectivity index (χ2v) is 5.65. The van der Waals surface area contributed by atoms with Gasteiger partial charge in [0.2, 0.25) is 0 Å². The lowest BCUT2D eigenvalue weighted by atomic mass is 10.2. The van der Waals surface area contributed by atoms with Gasteiger partial charge in [-0.3, -0.25) is 4.90 Å². The van der Waals surface area contributed by atoms with E-state index in [1.165, 1.54) is 0 Å². The molecule has 0 radical (unpaired) electrons. The largest absolute Gasteiger partial charge is 0.496 e. The van der Waals surface area contributed by atoms with Crippen molar-refractivity contribution < 1.29 is 9.47 Å². The Labute approximate surface area is 122 Å². The van der Waals surface area contributed by atoms with Crippen LogP contribution in [-0.2, 0) is 4.74 Å². The van der Waals surface area contributed by atoms with Gasteiger partial charge < -0.3 is 14.8 Å². The minimum Gasteiger partial charge on any atom is -0.496 e. The van der Waals surface area contributed by atoms with Crippen LogP contribution in [0.4, 0.5) is 5.69 Å². The Kier molecular flexibility index (Phi) is 5.26. The van der Waals surface area contributed by atoms with E-state index in [1.807, 2.05) is 6.07 Å². The minimum atomic E-state index is 0.258. The summed E-state index contributed by atoms with van der Waals surface area (Å²) in [6.07, 6.45) is 0.258. The molecule has 1 saturated heterocycles. The molecule has 0 amide bonds. The van der Waals surface area contributed by atoms with Gasteiger partial charge in [0.1, 0.15) is 5.75 Å². The molecule has 112 valence electrons. The Balaban J connectivity index is 1.87. The van der Waals surface area contributed by atoms with Crippen molar-refractivity contribution in [2.24, 2.45) is 0 Å². The van der Waals surface area contributed by atoms with E-state index in [-0.39, 0.29) is 6.10 Å². The summed E-state index contributed by atoms with van der Waals surface area (Å²) in [6.45, 7) is 10.2. The first-order valence-corrected chi connectivity index (χ1v) is 7.34. The van der Waals surface area contributed by atoms with Gasteiger partial charge in [-0.25, -0.2) is 0 Å². The van der Waals surface area contributed by atoms with E-state index in [2.05, 4.69) is 43.1 Å². The van der Waals surface area contributed by atoms with Gasteiger partial charge in [-0.05, 0) is 44.5 Å². The first-order chi connectivity index (χ1) is 9.60. The molecular formula is C16H26N2O2. The van der Waals surface area contributed by atoms with Crippen molar-refractivity contribution in [2.45, 2.75) is 32.9 Å². The van der Waals surface area contributed by atoms with Crippen molar-refractivity contribution in [2.75, 3.05) is 38.7 Å². The second kappa shape index (κ2) is 6.95. The molecule has 2 rings (SSSR count). The van der Waals surface area contributed by atoms with Gasteiger partial charge >= 0.3 is 0 Å². The molecule has 1 atom stereocenters. The Bertz CT molecular complexity index is 434. The predicted octanol–water partition coefficient (Wildman–Crippen LogP) is 2.52. The van der Waals surface area contributed by atoms with Gasteiger partial charge in [0.05, 0.1) is 19.8 Å². The van der Waals surface area contributed by atoms with Gasteiger partial charge in [-0.15, -0.1) is 0 Å². The molecule has 1 unspecified atom stereocenters.